The van der Waals surface area contributed by atoms with Crippen LogP contribution in [0.3, 0.4) is 0 Å². The molecule has 0 saturated heterocycles. The van der Waals surface area contributed by atoms with E-state index >= 15 is 0 Å². The van der Waals surface area contributed by atoms with Crippen molar-refractivity contribution in [1.82, 2.24) is 15.1 Å². The maximum atomic E-state index is 12.4. The first kappa shape index (κ1) is 16.5. The van der Waals surface area contributed by atoms with Crippen LogP contribution >= 0.6 is 15.9 Å². The number of aryl methyl sites for hydroxylation is 2. The van der Waals surface area contributed by atoms with Gasteiger partial charge in [-0.15, -0.1) is 0 Å². The van der Waals surface area contributed by atoms with Crippen molar-refractivity contribution in [3.63, 3.8) is 0 Å². The lowest BCUT2D eigenvalue weighted by Crippen LogP contribution is -2.35. The van der Waals surface area contributed by atoms with Gasteiger partial charge >= 0.3 is 0 Å². The molecule has 2 rings (SSSR count). The molecule has 0 spiro atoms. The lowest BCUT2D eigenvalue weighted by molar-refractivity contribution is 0.0926. The molecule has 1 saturated carbocycles. The molecular weight excluding hydrogens is 330 g/mol. The van der Waals surface area contributed by atoms with Crippen LogP contribution in [0.25, 0.3) is 0 Å². The topological polar surface area (TPSA) is 46.9 Å². The lowest BCUT2D eigenvalue weighted by atomic mass is 9.80. The molecule has 118 valence electrons. The van der Waals surface area contributed by atoms with Crippen LogP contribution in [0, 0.1) is 11.8 Å². The molecule has 1 aliphatic carbocycles. The van der Waals surface area contributed by atoms with E-state index in [9.17, 15) is 4.79 Å². The average Bonchev–Trinajstić information content (AvgIpc) is 2.96. The number of aromatic nitrogens is 2. The van der Waals surface area contributed by atoms with Gasteiger partial charge in [-0.25, -0.2) is 0 Å². The summed E-state index contributed by atoms with van der Waals surface area (Å²) in [5.41, 5.74) is 1.68. The first-order chi connectivity index (χ1) is 10.2. The fraction of sp³-hybridized carbons (Fsp3) is 0.750. The fourth-order valence-corrected chi connectivity index (χ4v) is 3.99. The van der Waals surface area contributed by atoms with Crippen molar-refractivity contribution in [3.05, 3.63) is 17.5 Å². The Morgan fingerprint density at radius 2 is 2.10 bits per heavy atom. The van der Waals surface area contributed by atoms with Gasteiger partial charge in [-0.05, 0) is 44.1 Å². The molecule has 1 fully saturated rings. The van der Waals surface area contributed by atoms with E-state index in [2.05, 4.69) is 33.3 Å². The number of carbonyl (C=O) groups is 1. The van der Waals surface area contributed by atoms with Gasteiger partial charge in [0, 0.05) is 18.4 Å². The van der Waals surface area contributed by atoms with Crippen LogP contribution in [-0.4, -0.2) is 27.6 Å². The van der Waals surface area contributed by atoms with Crippen LogP contribution in [-0.2, 0) is 13.0 Å². The average molecular weight is 356 g/mol. The van der Waals surface area contributed by atoms with Gasteiger partial charge in [0.15, 0.2) is 0 Å². The van der Waals surface area contributed by atoms with E-state index < -0.39 is 0 Å². The van der Waals surface area contributed by atoms with E-state index in [-0.39, 0.29) is 5.91 Å². The molecule has 1 amide bonds. The van der Waals surface area contributed by atoms with E-state index in [4.69, 9.17) is 0 Å². The summed E-state index contributed by atoms with van der Waals surface area (Å²) in [6.45, 7) is 5.60. The van der Waals surface area contributed by atoms with E-state index in [0.29, 0.717) is 17.5 Å². The minimum absolute atomic E-state index is 0.0166. The number of rotatable bonds is 6. The number of halogens is 1. The Bertz CT molecular complexity index is 472. The zero-order valence-electron chi connectivity index (χ0n) is 13.1. The molecule has 1 heterocycles. The predicted octanol–water partition coefficient (Wildman–Crippen LogP) is 3.40. The number of carbonyl (C=O) groups excluding carboxylic acids is 1. The van der Waals surface area contributed by atoms with Crippen molar-refractivity contribution < 1.29 is 4.79 Å². The minimum atomic E-state index is 0.0166. The quantitative estimate of drug-likeness (QED) is 0.794. The number of nitrogens with zero attached hydrogens (tertiary/aromatic N) is 2. The van der Waals surface area contributed by atoms with Crippen LogP contribution in [0.4, 0.5) is 0 Å². The van der Waals surface area contributed by atoms with Crippen molar-refractivity contribution in [2.75, 3.05) is 11.9 Å². The number of nitrogens with one attached hydrogen (secondary N) is 1. The summed E-state index contributed by atoms with van der Waals surface area (Å²) in [5, 5.41) is 8.61. The maximum absolute atomic E-state index is 12.4. The Hall–Kier alpha value is -0.840. The molecule has 0 bridgehead atoms. The summed E-state index contributed by atoms with van der Waals surface area (Å²) in [4.78, 5) is 12.4. The van der Waals surface area contributed by atoms with Gasteiger partial charge in [0.2, 0.25) is 0 Å². The van der Waals surface area contributed by atoms with Gasteiger partial charge in [0.25, 0.3) is 5.91 Å². The van der Waals surface area contributed by atoms with Gasteiger partial charge in [-0.2, -0.15) is 5.10 Å². The molecule has 0 aromatic carbocycles. The van der Waals surface area contributed by atoms with Crippen LogP contribution in [0.5, 0.6) is 0 Å². The molecule has 0 aliphatic heterocycles. The molecule has 1 aromatic heterocycles. The van der Waals surface area contributed by atoms with Crippen molar-refractivity contribution in [1.29, 1.82) is 0 Å². The zero-order chi connectivity index (χ0) is 15.2. The summed E-state index contributed by atoms with van der Waals surface area (Å²) in [6, 6.07) is 1.92. The summed E-state index contributed by atoms with van der Waals surface area (Å²) >= 11 is 3.61. The normalized spacial score (nSPS) is 22.2. The van der Waals surface area contributed by atoms with E-state index in [1.54, 1.807) is 4.68 Å². The molecular formula is C16H26BrN3O. The van der Waals surface area contributed by atoms with Gasteiger partial charge in [0.1, 0.15) is 5.69 Å². The fourth-order valence-electron chi connectivity index (χ4n) is 3.14. The highest BCUT2D eigenvalue weighted by molar-refractivity contribution is 9.09. The predicted molar refractivity (Wildman–Crippen MR) is 88.9 cm³/mol. The molecule has 2 atom stereocenters. The second-order valence-electron chi connectivity index (χ2n) is 5.86. The van der Waals surface area contributed by atoms with Crippen LogP contribution in [0.2, 0.25) is 0 Å². The Morgan fingerprint density at radius 3 is 2.71 bits per heavy atom. The number of amides is 1. The van der Waals surface area contributed by atoms with Crippen LogP contribution in [0.1, 0.15) is 55.7 Å². The largest absolute Gasteiger partial charge is 0.350 e. The first-order valence-electron chi connectivity index (χ1n) is 8.10. The third-order valence-corrected chi connectivity index (χ3v) is 5.35. The highest BCUT2D eigenvalue weighted by atomic mass is 79.9. The highest BCUT2D eigenvalue weighted by Crippen LogP contribution is 2.30. The monoisotopic (exact) mass is 355 g/mol. The molecule has 4 nitrogen and oxygen atoms in total. The standard InChI is InChI=1S/C16H26BrN3O/c1-3-14-9-15(20(4-2)19-14)16(21)18-11-13-8-6-5-7-12(13)10-17/h9,12-13H,3-8,10-11H2,1-2H3,(H,18,21). The van der Waals surface area contributed by atoms with Gasteiger partial charge < -0.3 is 5.32 Å². The summed E-state index contributed by atoms with van der Waals surface area (Å²) < 4.78 is 1.80. The molecule has 0 radical (unpaired) electrons. The summed E-state index contributed by atoms with van der Waals surface area (Å²) in [5.74, 6) is 1.31. The number of hydrogen-bond donors (Lipinski definition) is 1. The number of hydrogen-bond acceptors (Lipinski definition) is 2. The third-order valence-electron chi connectivity index (χ3n) is 4.51. The van der Waals surface area contributed by atoms with Crippen molar-refractivity contribution in [3.8, 4) is 0 Å². The number of alkyl halides is 1. The zero-order valence-corrected chi connectivity index (χ0v) is 14.7. The molecule has 21 heavy (non-hydrogen) atoms. The van der Waals surface area contributed by atoms with Crippen molar-refractivity contribution in [2.24, 2.45) is 11.8 Å². The highest BCUT2D eigenvalue weighted by Gasteiger charge is 2.25. The summed E-state index contributed by atoms with van der Waals surface area (Å²) in [7, 11) is 0. The van der Waals surface area contributed by atoms with E-state index in [1.165, 1.54) is 25.7 Å². The van der Waals surface area contributed by atoms with E-state index in [1.807, 2.05) is 13.0 Å². The second-order valence-corrected chi connectivity index (χ2v) is 6.51. The van der Waals surface area contributed by atoms with Gasteiger partial charge in [-0.1, -0.05) is 35.7 Å². The molecule has 1 aliphatic rings. The second kappa shape index (κ2) is 7.97. The van der Waals surface area contributed by atoms with Crippen LogP contribution in [0.15, 0.2) is 6.07 Å². The minimum Gasteiger partial charge on any atom is -0.350 e. The Labute approximate surface area is 135 Å². The third kappa shape index (κ3) is 4.09. The Morgan fingerprint density at radius 1 is 1.38 bits per heavy atom. The lowest BCUT2D eigenvalue weighted by Gasteiger charge is -2.30. The molecule has 5 heteroatoms. The smallest absolute Gasteiger partial charge is 0.269 e. The SMILES string of the molecule is CCc1cc(C(=O)NCC2CCCCC2CBr)n(CC)n1. The van der Waals surface area contributed by atoms with Crippen molar-refractivity contribution in [2.45, 2.75) is 52.5 Å². The Kier molecular flexibility index (Phi) is 6.27. The van der Waals surface area contributed by atoms with Gasteiger partial charge in [0.05, 0.1) is 5.69 Å². The maximum Gasteiger partial charge on any atom is 0.269 e. The van der Waals surface area contributed by atoms with E-state index in [0.717, 1.165) is 30.5 Å². The first-order valence-corrected chi connectivity index (χ1v) is 9.22. The van der Waals surface area contributed by atoms with Gasteiger partial charge in [-0.3, -0.25) is 9.48 Å². The molecule has 1 aromatic rings. The Balaban J connectivity index is 1.96. The molecule has 1 N–H and O–H groups in total. The summed E-state index contributed by atoms with van der Waals surface area (Å²) in [6.07, 6.45) is 5.98. The van der Waals surface area contributed by atoms with Crippen molar-refractivity contribution >= 4 is 21.8 Å². The van der Waals surface area contributed by atoms with Crippen LogP contribution < -0.4 is 5.32 Å². The molecule has 2 unspecified atom stereocenters.